The van der Waals surface area contributed by atoms with Crippen LogP contribution in [0.4, 0.5) is 0 Å². The Kier molecular flexibility index (Phi) is 7.29. The monoisotopic (exact) mass is 181 g/mol. The predicted molar refractivity (Wildman–Crippen MR) is 53.1 cm³/mol. The molecule has 74 valence electrons. The van der Waals surface area contributed by atoms with E-state index in [2.05, 4.69) is 13.0 Å². The van der Waals surface area contributed by atoms with Gasteiger partial charge in [0.1, 0.15) is 6.29 Å². The first-order chi connectivity index (χ1) is 6.24. The summed E-state index contributed by atoms with van der Waals surface area (Å²) in [5, 5.41) is 8.56. The van der Waals surface area contributed by atoms with Crippen LogP contribution < -0.4 is 0 Å². The molecule has 0 fully saturated rings. The molecule has 2 nitrogen and oxygen atoms in total. The van der Waals surface area contributed by atoms with Crippen molar-refractivity contribution in [1.29, 1.82) is 5.26 Å². The molecular weight excluding hydrogens is 162 g/mol. The fraction of sp³-hybridized carbons (Fsp3) is 0.818. The van der Waals surface area contributed by atoms with Gasteiger partial charge in [0.05, 0.1) is 6.07 Å². The second kappa shape index (κ2) is 7.79. The third-order valence-corrected chi connectivity index (χ3v) is 2.31. The zero-order valence-corrected chi connectivity index (χ0v) is 8.62. The van der Waals surface area contributed by atoms with E-state index in [1.807, 2.05) is 6.92 Å². The largest absolute Gasteiger partial charge is 0.303 e. The van der Waals surface area contributed by atoms with Crippen LogP contribution in [0.2, 0.25) is 0 Å². The highest BCUT2D eigenvalue weighted by Gasteiger charge is 2.08. The number of hydrogen-bond donors (Lipinski definition) is 0. The van der Waals surface area contributed by atoms with Crippen molar-refractivity contribution in [3.63, 3.8) is 0 Å². The van der Waals surface area contributed by atoms with Crippen molar-refractivity contribution in [1.82, 2.24) is 0 Å². The minimum atomic E-state index is 0.0871. The van der Waals surface area contributed by atoms with Crippen LogP contribution in [0.3, 0.4) is 0 Å². The summed E-state index contributed by atoms with van der Waals surface area (Å²) in [5.41, 5.74) is 0. The minimum Gasteiger partial charge on any atom is -0.303 e. The predicted octanol–water partition coefficient (Wildman–Crippen LogP) is 2.93. The zero-order chi connectivity index (χ0) is 10.1. The molecule has 13 heavy (non-hydrogen) atoms. The molecule has 0 aromatic rings. The van der Waals surface area contributed by atoms with E-state index in [-0.39, 0.29) is 11.8 Å². The van der Waals surface area contributed by atoms with Gasteiger partial charge in [-0.1, -0.05) is 19.8 Å². The molecule has 0 heterocycles. The van der Waals surface area contributed by atoms with Gasteiger partial charge in [-0.15, -0.1) is 0 Å². The Hall–Kier alpha value is -0.840. The number of nitrogens with zero attached hydrogens (tertiary/aromatic N) is 1. The van der Waals surface area contributed by atoms with E-state index in [9.17, 15) is 4.79 Å². The smallest absolute Gasteiger partial charge is 0.123 e. The maximum absolute atomic E-state index is 10.6. The molecule has 0 rings (SSSR count). The molecule has 0 aliphatic heterocycles. The highest BCUT2D eigenvalue weighted by Crippen LogP contribution is 2.15. The number of nitriles is 1. The Bertz CT molecular complexity index is 171. The topological polar surface area (TPSA) is 40.9 Å². The number of unbranched alkanes of at least 4 members (excludes halogenated alkanes) is 1. The van der Waals surface area contributed by atoms with Gasteiger partial charge < -0.3 is 4.79 Å². The standard InChI is InChI=1S/C11H19NO/c1-3-4-5-11(9-13)7-6-10(2)8-12/h9-11H,3-7H2,1-2H3. The van der Waals surface area contributed by atoms with E-state index >= 15 is 0 Å². The van der Waals surface area contributed by atoms with Crippen molar-refractivity contribution < 1.29 is 4.79 Å². The fourth-order valence-electron chi connectivity index (χ4n) is 1.28. The van der Waals surface area contributed by atoms with Crippen LogP contribution in [-0.2, 0) is 4.79 Å². The lowest BCUT2D eigenvalue weighted by atomic mass is 9.94. The SMILES string of the molecule is CCCCC(C=O)CCC(C)C#N. The highest BCUT2D eigenvalue weighted by atomic mass is 16.1. The van der Waals surface area contributed by atoms with Crippen LogP contribution in [0.1, 0.15) is 46.0 Å². The molecule has 0 saturated carbocycles. The van der Waals surface area contributed by atoms with Gasteiger partial charge >= 0.3 is 0 Å². The van der Waals surface area contributed by atoms with E-state index in [0.717, 1.165) is 38.4 Å². The van der Waals surface area contributed by atoms with Crippen molar-refractivity contribution >= 4 is 6.29 Å². The van der Waals surface area contributed by atoms with Gasteiger partial charge in [0.25, 0.3) is 0 Å². The lowest BCUT2D eigenvalue weighted by Gasteiger charge is -2.09. The van der Waals surface area contributed by atoms with Crippen LogP contribution >= 0.6 is 0 Å². The van der Waals surface area contributed by atoms with Gasteiger partial charge in [-0.3, -0.25) is 0 Å². The number of rotatable bonds is 7. The molecule has 0 amide bonds. The Morgan fingerprint density at radius 3 is 2.54 bits per heavy atom. The molecule has 0 aliphatic carbocycles. The Morgan fingerprint density at radius 1 is 1.38 bits per heavy atom. The third-order valence-electron chi connectivity index (χ3n) is 2.31. The number of carbonyl (C=O) groups excluding carboxylic acids is 1. The molecule has 0 aromatic carbocycles. The summed E-state index contributed by atoms with van der Waals surface area (Å²) in [6.07, 6.45) is 6.00. The summed E-state index contributed by atoms with van der Waals surface area (Å²) < 4.78 is 0. The van der Waals surface area contributed by atoms with Crippen molar-refractivity contribution in [3.8, 4) is 6.07 Å². The van der Waals surface area contributed by atoms with E-state index in [1.165, 1.54) is 0 Å². The van der Waals surface area contributed by atoms with E-state index < -0.39 is 0 Å². The first-order valence-corrected chi connectivity index (χ1v) is 5.09. The summed E-state index contributed by atoms with van der Waals surface area (Å²) in [7, 11) is 0. The summed E-state index contributed by atoms with van der Waals surface area (Å²) in [6, 6.07) is 2.18. The third kappa shape index (κ3) is 6.33. The molecule has 0 N–H and O–H groups in total. The first kappa shape index (κ1) is 12.2. The van der Waals surface area contributed by atoms with Crippen LogP contribution in [0, 0.1) is 23.2 Å². The Morgan fingerprint density at radius 2 is 2.08 bits per heavy atom. The molecule has 2 heteroatoms. The molecule has 0 spiro atoms. The summed E-state index contributed by atoms with van der Waals surface area (Å²) in [4.78, 5) is 10.6. The van der Waals surface area contributed by atoms with Crippen LogP contribution in [0.15, 0.2) is 0 Å². The summed E-state index contributed by atoms with van der Waals surface area (Å²) in [5.74, 6) is 0.264. The maximum atomic E-state index is 10.6. The Labute approximate surface area is 80.9 Å². The molecule has 0 aromatic heterocycles. The number of aldehydes is 1. The minimum absolute atomic E-state index is 0.0871. The second-order valence-electron chi connectivity index (χ2n) is 3.65. The van der Waals surface area contributed by atoms with Crippen molar-refractivity contribution in [3.05, 3.63) is 0 Å². The lowest BCUT2D eigenvalue weighted by molar-refractivity contribution is -0.111. The maximum Gasteiger partial charge on any atom is 0.123 e. The second-order valence-corrected chi connectivity index (χ2v) is 3.65. The molecule has 2 atom stereocenters. The normalized spacial score (nSPS) is 14.5. The first-order valence-electron chi connectivity index (χ1n) is 5.09. The molecule has 0 bridgehead atoms. The molecular formula is C11H19NO. The van der Waals surface area contributed by atoms with Crippen LogP contribution in [0.25, 0.3) is 0 Å². The van der Waals surface area contributed by atoms with Gasteiger partial charge in [0.2, 0.25) is 0 Å². The highest BCUT2D eigenvalue weighted by molar-refractivity contribution is 5.53. The average molecular weight is 181 g/mol. The summed E-state index contributed by atoms with van der Waals surface area (Å²) >= 11 is 0. The lowest BCUT2D eigenvalue weighted by Crippen LogP contribution is -2.04. The van der Waals surface area contributed by atoms with E-state index in [0.29, 0.717) is 0 Å². The van der Waals surface area contributed by atoms with Gasteiger partial charge in [-0.25, -0.2) is 0 Å². The molecule has 0 saturated heterocycles. The average Bonchev–Trinajstić information content (AvgIpc) is 2.17. The quantitative estimate of drug-likeness (QED) is 0.566. The molecule has 0 radical (unpaired) electrons. The van der Waals surface area contributed by atoms with Crippen molar-refractivity contribution in [2.45, 2.75) is 46.0 Å². The van der Waals surface area contributed by atoms with E-state index in [4.69, 9.17) is 5.26 Å². The van der Waals surface area contributed by atoms with Crippen LogP contribution in [0.5, 0.6) is 0 Å². The van der Waals surface area contributed by atoms with Gasteiger partial charge in [0.15, 0.2) is 0 Å². The number of hydrogen-bond acceptors (Lipinski definition) is 2. The van der Waals surface area contributed by atoms with Crippen molar-refractivity contribution in [2.24, 2.45) is 11.8 Å². The van der Waals surface area contributed by atoms with E-state index in [1.54, 1.807) is 0 Å². The van der Waals surface area contributed by atoms with Crippen molar-refractivity contribution in [2.75, 3.05) is 0 Å². The Balaban J connectivity index is 3.60. The van der Waals surface area contributed by atoms with Gasteiger partial charge in [-0.05, 0) is 26.2 Å². The molecule has 0 aliphatic rings. The zero-order valence-electron chi connectivity index (χ0n) is 8.62. The van der Waals surface area contributed by atoms with Gasteiger partial charge in [-0.2, -0.15) is 5.26 Å². The van der Waals surface area contributed by atoms with Gasteiger partial charge in [0, 0.05) is 11.8 Å². The van der Waals surface area contributed by atoms with Crippen LogP contribution in [-0.4, -0.2) is 6.29 Å². The number of carbonyl (C=O) groups is 1. The molecule has 2 unspecified atom stereocenters. The fourth-order valence-corrected chi connectivity index (χ4v) is 1.28. The summed E-state index contributed by atoms with van der Waals surface area (Å²) in [6.45, 7) is 4.03.